The molecule has 0 fully saturated rings. The Balaban J connectivity index is 2.06. The maximum atomic E-state index is 12.8. The highest BCUT2D eigenvalue weighted by atomic mass is 19.1. The molecule has 1 atom stereocenters. The van der Waals surface area contributed by atoms with Crippen molar-refractivity contribution in [1.82, 2.24) is 0 Å². The molecule has 5 heteroatoms. The van der Waals surface area contributed by atoms with Crippen LogP contribution in [0.4, 0.5) is 4.39 Å². The molecule has 1 aliphatic heterocycles. The number of carbonyl (C=O) groups is 1. The first-order valence-corrected chi connectivity index (χ1v) is 4.85. The summed E-state index contributed by atoms with van der Waals surface area (Å²) in [6.07, 6.45) is -0.266. The summed E-state index contributed by atoms with van der Waals surface area (Å²) in [7, 11) is 1.31. The van der Waals surface area contributed by atoms with Gasteiger partial charge in [-0.2, -0.15) is 0 Å². The van der Waals surface area contributed by atoms with Crippen LogP contribution in [0, 0.1) is 5.82 Å². The van der Waals surface area contributed by atoms with Gasteiger partial charge in [-0.05, 0) is 12.1 Å². The van der Waals surface area contributed by atoms with Crippen molar-refractivity contribution >= 4 is 5.97 Å². The molecule has 0 spiro atoms. The quantitative estimate of drug-likeness (QED) is 0.717. The number of methoxy groups -OCH3 is 1. The molecule has 16 heavy (non-hydrogen) atoms. The molecular formula is C11H11FO4. The average Bonchev–Trinajstić information content (AvgIpc) is 2.29. The van der Waals surface area contributed by atoms with E-state index in [1.807, 2.05) is 0 Å². The summed E-state index contributed by atoms with van der Waals surface area (Å²) in [6.45, 7) is 0.214. The second-order valence-corrected chi connectivity index (χ2v) is 3.42. The highest BCUT2D eigenvalue weighted by Gasteiger charge is 2.24. The molecule has 0 aromatic heterocycles. The fourth-order valence-corrected chi connectivity index (χ4v) is 1.46. The van der Waals surface area contributed by atoms with Gasteiger partial charge in [0.2, 0.25) is 0 Å². The molecule has 1 aliphatic rings. The zero-order valence-electron chi connectivity index (χ0n) is 8.73. The molecule has 0 saturated carbocycles. The Morgan fingerprint density at radius 1 is 1.56 bits per heavy atom. The molecule has 1 heterocycles. The molecule has 4 nitrogen and oxygen atoms in total. The van der Waals surface area contributed by atoms with Gasteiger partial charge in [0, 0.05) is 6.07 Å². The Bertz CT molecular complexity index is 405. The van der Waals surface area contributed by atoms with Crippen molar-refractivity contribution in [3.8, 4) is 11.5 Å². The molecule has 0 bridgehead atoms. The summed E-state index contributed by atoms with van der Waals surface area (Å²) in [6, 6.07) is 4.01. The van der Waals surface area contributed by atoms with Crippen molar-refractivity contribution in [2.45, 2.75) is 12.5 Å². The van der Waals surface area contributed by atoms with Gasteiger partial charge in [0.05, 0.1) is 13.5 Å². The minimum atomic E-state index is -0.384. The number of hydrogen-bond acceptors (Lipinski definition) is 4. The van der Waals surface area contributed by atoms with E-state index in [1.54, 1.807) is 0 Å². The number of esters is 1. The van der Waals surface area contributed by atoms with Gasteiger partial charge >= 0.3 is 5.97 Å². The van der Waals surface area contributed by atoms with E-state index in [-0.39, 0.29) is 30.9 Å². The lowest BCUT2D eigenvalue weighted by molar-refractivity contribution is -0.143. The molecule has 0 radical (unpaired) electrons. The molecule has 0 aliphatic carbocycles. The minimum Gasteiger partial charge on any atom is -0.486 e. The number of hydrogen-bond donors (Lipinski definition) is 0. The SMILES string of the molecule is COC(=O)CC1COc2cc(F)ccc2O1. The largest absolute Gasteiger partial charge is 0.486 e. The first-order chi connectivity index (χ1) is 7.69. The number of benzene rings is 1. The highest BCUT2D eigenvalue weighted by molar-refractivity contribution is 5.69. The molecule has 86 valence electrons. The number of halogens is 1. The molecule has 0 N–H and O–H groups in total. The summed E-state index contributed by atoms with van der Waals surface area (Å²) in [4.78, 5) is 11.0. The van der Waals surface area contributed by atoms with Gasteiger partial charge in [-0.1, -0.05) is 0 Å². The van der Waals surface area contributed by atoms with Gasteiger partial charge in [0.25, 0.3) is 0 Å². The van der Waals surface area contributed by atoms with E-state index in [2.05, 4.69) is 4.74 Å². The third kappa shape index (κ3) is 2.24. The second-order valence-electron chi connectivity index (χ2n) is 3.42. The van der Waals surface area contributed by atoms with E-state index in [1.165, 1.54) is 25.3 Å². The minimum absolute atomic E-state index is 0.118. The lowest BCUT2D eigenvalue weighted by Gasteiger charge is -2.25. The molecule has 0 saturated heterocycles. The highest BCUT2D eigenvalue weighted by Crippen LogP contribution is 2.32. The van der Waals surface area contributed by atoms with Crippen LogP contribution in [0.3, 0.4) is 0 Å². The van der Waals surface area contributed by atoms with Crippen molar-refractivity contribution in [2.75, 3.05) is 13.7 Å². The maximum Gasteiger partial charge on any atom is 0.309 e. The monoisotopic (exact) mass is 226 g/mol. The second kappa shape index (κ2) is 4.38. The van der Waals surface area contributed by atoms with E-state index < -0.39 is 0 Å². The number of carbonyl (C=O) groups excluding carboxylic acids is 1. The molecular weight excluding hydrogens is 215 g/mol. The van der Waals surface area contributed by atoms with E-state index in [9.17, 15) is 9.18 Å². The van der Waals surface area contributed by atoms with Crippen LogP contribution in [0.15, 0.2) is 18.2 Å². The average molecular weight is 226 g/mol. The van der Waals surface area contributed by atoms with Crippen molar-refractivity contribution < 1.29 is 23.4 Å². The lowest BCUT2D eigenvalue weighted by atomic mass is 10.2. The van der Waals surface area contributed by atoms with Crippen LogP contribution < -0.4 is 9.47 Å². The third-order valence-corrected chi connectivity index (χ3v) is 2.25. The van der Waals surface area contributed by atoms with Crippen molar-refractivity contribution in [2.24, 2.45) is 0 Å². The number of ether oxygens (including phenoxy) is 3. The van der Waals surface area contributed by atoms with E-state index in [0.29, 0.717) is 11.5 Å². The predicted octanol–water partition coefficient (Wildman–Crippen LogP) is 1.53. The van der Waals surface area contributed by atoms with Crippen LogP contribution in [-0.2, 0) is 9.53 Å². The summed E-state index contributed by atoms with van der Waals surface area (Å²) in [5, 5.41) is 0. The Morgan fingerprint density at radius 2 is 2.38 bits per heavy atom. The van der Waals surface area contributed by atoms with Crippen molar-refractivity contribution in [3.05, 3.63) is 24.0 Å². The van der Waals surface area contributed by atoms with E-state index in [4.69, 9.17) is 9.47 Å². The fraction of sp³-hybridized carbons (Fsp3) is 0.364. The maximum absolute atomic E-state index is 12.8. The van der Waals surface area contributed by atoms with Gasteiger partial charge in [-0.15, -0.1) is 0 Å². The smallest absolute Gasteiger partial charge is 0.309 e. The summed E-state index contributed by atoms with van der Waals surface area (Å²) in [5.41, 5.74) is 0. The third-order valence-electron chi connectivity index (χ3n) is 2.25. The van der Waals surface area contributed by atoms with Gasteiger partial charge in [-0.25, -0.2) is 4.39 Å². The van der Waals surface area contributed by atoms with Gasteiger partial charge in [0.1, 0.15) is 18.5 Å². The van der Waals surface area contributed by atoms with E-state index >= 15 is 0 Å². The number of fused-ring (bicyclic) bond motifs is 1. The van der Waals surface area contributed by atoms with Crippen LogP contribution in [-0.4, -0.2) is 25.8 Å². The zero-order chi connectivity index (χ0) is 11.5. The Labute approximate surface area is 91.9 Å². The van der Waals surface area contributed by atoms with Gasteiger partial charge < -0.3 is 14.2 Å². The van der Waals surface area contributed by atoms with Crippen molar-refractivity contribution in [1.29, 1.82) is 0 Å². The lowest BCUT2D eigenvalue weighted by Crippen LogP contribution is -2.31. The standard InChI is InChI=1S/C11H11FO4/c1-14-11(13)5-8-6-15-10-4-7(12)2-3-9(10)16-8/h2-4,8H,5-6H2,1H3. The molecule has 1 unspecified atom stereocenters. The molecule has 2 rings (SSSR count). The normalized spacial score (nSPS) is 18.0. The Kier molecular flexibility index (Phi) is 2.94. The Morgan fingerprint density at radius 3 is 3.12 bits per heavy atom. The molecule has 0 amide bonds. The van der Waals surface area contributed by atoms with E-state index in [0.717, 1.165) is 0 Å². The van der Waals surface area contributed by atoms with Crippen LogP contribution in [0.25, 0.3) is 0 Å². The van der Waals surface area contributed by atoms with Crippen molar-refractivity contribution in [3.63, 3.8) is 0 Å². The summed E-state index contributed by atoms with van der Waals surface area (Å²) >= 11 is 0. The Hall–Kier alpha value is -1.78. The summed E-state index contributed by atoms with van der Waals surface area (Å²) in [5.74, 6) is 0.0654. The molecule has 1 aromatic carbocycles. The van der Waals surface area contributed by atoms with Crippen LogP contribution in [0.2, 0.25) is 0 Å². The number of rotatable bonds is 2. The van der Waals surface area contributed by atoms with Gasteiger partial charge in [-0.3, -0.25) is 4.79 Å². The molecule has 1 aromatic rings. The predicted molar refractivity (Wildman–Crippen MR) is 52.9 cm³/mol. The van der Waals surface area contributed by atoms with Crippen LogP contribution in [0.1, 0.15) is 6.42 Å². The van der Waals surface area contributed by atoms with Gasteiger partial charge in [0.15, 0.2) is 11.5 Å². The summed E-state index contributed by atoms with van der Waals surface area (Å²) < 4.78 is 28.1. The topological polar surface area (TPSA) is 44.8 Å². The van der Waals surface area contributed by atoms with Crippen LogP contribution >= 0.6 is 0 Å². The van der Waals surface area contributed by atoms with Crippen LogP contribution in [0.5, 0.6) is 11.5 Å². The fourth-order valence-electron chi connectivity index (χ4n) is 1.46. The zero-order valence-corrected chi connectivity index (χ0v) is 8.73. The first kappa shape index (κ1) is 10.7. The first-order valence-electron chi connectivity index (χ1n) is 4.85.